The third-order valence-electron chi connectivity index (χ3n) is 1.97. The smallest absolute Gasteiger partial charge is 0.115 e. The molecule has 2 aromatic heterocycles. The van der Waals surface area contributed by atoms with Crippen LogP contribution in [0.4, 0.5) is 0 Å². The highest BCUT2D eigenvalue weighted by Crippen LogP contribution is 2.30. The van der Waals surface area contributed by atoms with E-state index in [0.717, 1.165) is 15.6 Å². The Balaban J connectivity index is 2.64. The monoisotopic (exact) mass is 187 g/mol. The fraction of sp³-hybridized carbons (Fsp3) is 0. The summed E-state index contributed by atoms with van der Waals surface area (Å²) in [5.41, 5.74) is 0.954. The zero-order valence-corrected chi connectivity index (χ0v) is 7.45. The van der Waals surface area contributed by atoms with Crippen molar-refractivity contribution in [2.45, 2.75) is 0 Å². The molecule has 0 amide bonds. The van der Waals surface area contributed by atoms with Crippen LogP contribution in [-0.4, -0.2) is 15.4 Å². The van der Waals surface area contributed by atoms with E-state index in [4.69, 9.17) is 0 Å². The average Bonchev–Trinajstić information content (AvgIpc) is 2.56. The summed E-state index contributed by atoms with van der Waals surface area (Å²) in [6, 6.07) is 8.18. The molecule has 3 aromatic rings. The van der Waals surface area contributed by atoms with Crippen molar-refractivity contribution in [3.8, 4) is 0 Å². The zero-order chi connectivity index (χ0) is 8.67. The molecule has 0 aliphatic carbocycles. The van der Waals surface area contributed by atoms with Gasteiger partial charge in [0.1, 0.15) is 5.52 Å². The molecule has 0 unspecified atom stereocenters. The number of rotatable bonds is 0. The molecule has 4 heteroatoms. The van der Waals surface area contributed by atoms with E-state index in [1.54, 1.807) is 17.5 Å². The van der Waals surface area contributed by atoms with Crippen molar-refractivity contribution in [3.63, 3.8) is 0 Å². The molecule has 0 N–H and O–H groups in total. The number of nitrogens with zero attached hydrogens (tertiary/aromatic N) is 3. The summed E-state index contributed by atoms with van der Waals surface area (Å²) in [4.78, 5) is 0. The fourth-order valence-electron chi connectivity index (χ4n) is 1.39. The normalized spacial score (nSPS) is 11.1. The maximum atomic E-state index is 4.02. The Labute approximate surface area is 78.0 Å². The molecule has 0 bridgehead atoms. The lowest BCUT2D eigenvalue weighted by Gasteiger charge is -1.85. The molecule has 1 aromatic carbocycles. The highest BCUT2D eigenvalue weighted by atomic mass is 32.1. The van der Waals surface area contributed by atoms with E-state index >= 15 is 0 Å². The van der Waals surface area contributed by atoms with Gasteiger partial charge in [-0.2, -0.15) is 0 Å². The van der Waals surface area contributed by atoms with Gasteiger partial charge < -0.3 is 0 Å². The van der Waals surface area contributed by atoms with E-state index in [-0.39, 0.29) is 0 Å². The van der Waals surface area contributed by atoms with Crippen molar-refractivity contribution in [1.29, 1.82) is 0 Å². The first-order valence-corrected chi connectivity index (χ1v) is 4.72. The van der Waals surface area contributed by atoms with Crippen LogP contribution in [0.15, 0.2) is 30.5 Å². The van der Waals surface area contributed by atoms with Gasteiger partial charge >= 0.3 is 0 Å². The van der Waals surface area contributed by atoms with Crippen LogP contribution in [0.3, 0.4) is 0 Å². The molecule has 3 rings (SSSR count). The van der Waals surface area contributed by atoms with Crippen LogP contribution in [0.5, 0.6) is 0 Å². The topological polar surface area (TPSA) is 38.7 Å². The first-order valence-electron chi connectivity index (χ1n) is 3.91. The van der Waals surface area contributed by atoms with Crippen LogP contribution in [-0.2, 0) is 0 Å². The van der Waals surface area contributed by atoms with Crippen LogP contribution >= 0.6 is 11.3 Å². The van der Waals surface area contributed by atoms with Gasteiger partial charge in [-0.15, -0.1) is 21.5 Å². The number of hydrogen-bond donors (Lipinski definition) is 0. The molecule has 0 radical (unpaired) electrons. The van der Waals surface area contributed by atoms with Crippen molar-refractivity contribution in [1.82, 2.24) is 15.4 Å². The summed E-state index contributed by atoms with van der Waals surface area (Å²) in [7, 11) is 0. The first kappa shape index (κ1) is 6.91. The van der Waals surface area contributed by atoms with Gasteiger partial charge in [0.05, 0.1) is 10.9 Å². The van der Waals surface area contributed by atoms with Gasteiger partial charge in [0.2, 0.25) is 0 Å². The number of aromatic nitrogens is 3. The molecule has 13 heavy (non-hydrogen) atoms. The lowest BCUT2D eigenvalue weighted by atomic mass is 10.2. The minimum absolute atomic E-state index is 0.954. The van der Waals surface area contributed by atoms with Crippen molar-refractivity contribution < 1.29 is 0 Å². The van der Waals surface area contributed by atoms with Crippen LogP contribution in [0.25, 0.3) is 20.3 Å². The van der Waals surface area contributed by atoms with Crippen LogP contribution in [0.1, 0.15) is 0 Å². The summed E-state index contributed by atoms with van der Waals surface area (Å²) >= 11 is 1.70. The SMILES string of the molecule is c1ccc2c(c1)sc1cnnnc12. The summed E-state index contributed by atoms with van der Waals surface area (Å²) in [5, 5.41) is 12.6. The Kier molecular flexibility index (Phi) is 1.31. The van der Waals surface area contributed by atoms with Gasteiger partial charge in [-0.3, -0.25) is 0 Å². The van der Waals surface area contributed by atoms with E-state index in [1.807, 2.05) is 12.1 Å². The summed E-state index contributed by atoms with van der Waals surface area (Å²) in [6.45, 7) is 0. The molecule has 2 heterocycles. The predicted molar refractivity (Wildman–Crippen MR) is 52.7 cm³/mol. The fourth-order valence-corrected chi connectivity index (χ4v) is 2.40. The van der Waals surface area contributed by atoms with E-state index in [9.17, 15) is 0 Å². The Morgan fingerprint density at radius 2 is 2.00 bits per heavy atom. The van der Waals surface area contributed by atoms with E-state index < -0.39 is 0 Å². The van der Waals surface area contributed by atoms with Crippen molar-refractivity contribution in [3.05, 3.63) is 30.5 Å². The second-order valence-electron chi connectivity index (χ2n) is 2.75. The molecular formula is C9H5N3S. The Morgan fingerprint density at radius 1 is 1.08 bits per heavy atom. The maximum absolute atomic E-state index is 4.02. The van der Waals surface area contributed by atoms with Gasteiger partial charge in [-0.1, -0.05) is 18.2 Å². The average molecular weight is 187 g/mol. The molecule has 0 atom stereocenters. The predicted octanol–water partition coefficient (Wildman–Crippen LogP) is 2.24. The Hall–Kier alpha value is -1.55. The quantitative estimate of drug-likeness (QED) is 0.541. The van der Waals surface area contributed by atoms with Crippen LogP contribution in [0.2, 0.25) is 0 Å². The molecule has 0 fully saturated rings. The van der Waals surface area contributed by atoms with E-state index in [2.05, 4.69) is 27.5 Å². The lowest BCUT2D eigenvalue weighted by molar-refractivity contribution is 0.899. The van der Waals surface area contributed by atoms with Crippen molar-refractivity contribution >= 4 is 31.6 Å². The molecule has 0 saturated carbocycles. The van der Waals surface area contributed by atoms with Gasteiger partial charge in [-0.05, 0) is 11.3 Å². The van der Waals surface area contributed by atoms with Gasteiger partial charge in [0, 0.05) is 10.1 Å². The minimum atomic E-state index is 0.954. The van der Waals surface area contributed by atoms with Gasteiger partial charge in [-0.25, -0.2) is 0 Å². The Morgan fingerprint density at radius 3 is 3.00 bits per heavy atom. The van der Waals surface area contributed by atoms with E-state index in [1.165, 1.54) is 4.70 Å². The third kappa shape index (κ3) is 0.922. The second kappa shape index (κ2) is 2.47. The van der Waals surface area contributed by atoms with Crippen molar-refractivity contribution in [2.75, 3.05) is 0 Å². The number of thiophene rings is 1. The molecule has 0 spiro atoms. The summed E-state index contributed by atoms with van der Waals surface area (Å²) in [6.07, 6.45) is 1.76. The highest BCUT2D eigenvalue weighted by Gasteiger charge is 2.04. The molecule has 0 aliphatic heterocycles. The molecule has 0 aliphatic rings. The van der Waals surface area contributed by atoms with Crippen LogP contribution in [0, 0.1) is 0 Å². The number of fused-ring (bicyclic) bond motifs is 3. The van der Waals surface area contributed by atoms with E-state index in [0.29, 0.717) is 0 Å². The largest absolute Gasteiger partial charge is 0.137 e. The zero-order valence-electron chi connectivity index (χ0n) is 6.64. The molecular weight excluding hydrogens is 182 g/mol. The maximum Gasteiger partial charge on any atom is 0.115 e. The lowest BCUT2D eigenvalue weighted by Crippen LogP contribution is -1.82. The highest BCUT2D eigenvalue weighted by molar-refractivity contribution is 7.25. The summed E-state index contributed by atoms with van der Waals surface area (Å²) in [5.74, 6) is 0. The minimum Gasteiger partial charge on any atom is -0.137 e. The molecule has 62 valence electrons. The number of benzene rings is 1. The Bertz CT molecular complexity index is 523. The molecule has 3 nitrogen and oxygen atoms in total. The first-order chi connectivity index (χ1) is 6.45. The number of hydrogen-bond acceptors (Lipinski definition) is 4. The van der Waals surface area contributed by atoms with Crippen molar-refractivity contribution in [2.24, 2.45) is 0 Å². The standard InChI is InChI=1S/C9H5N3S/c1-2-4-7-6(3-1)9-8(13-7)5-10-12-11-9/h1-5H. The summed E-state index contributed by atoms with van der Waals surface area (Å²) < 4.78 is 2.33. The van der Waals surface area contributed by atoms with Gasteiger partial charge in [0.15, 0.2) is 0 Å². The van der Waals surface area contributed by atoms with Gasteiger partial charge in [0.25, 0.3) is 0 Å². The third-order valence-corrected chi connectivity index (χ3v) is 3.06. The second-order valence-corrected chi connectivity index (χ2v) is 3.83. The molecule has 0 saturated heterocycles. The van der Waals surface area contributed by atoms with Crippen LogP contribution < -0.4 is 0 Å².